The van der Waals surface area contributed by atoms with E-state index in [2.05, 4.69) is 24.1 Å². The Balaban J connectivity index is 2.29. The summed E-state index contributed by atoms with van der Waals surface area (Å²) < 4.78 is 0. The quantitative estimate of drug-likeness (QED) is 0.834. The first kappa shape index (κ1) is 11.9. The Hall–Kier alpha value is -1.55. The molecular weight excluding hydrogens is 214 g/mol. The molecule has 1 unspecified atom stereocenters. The van der Waals surface area contributed by atoms with Crippen molar-refractivity contribution in [1.82, 2.24) is 0 Å². The largest absolute Gasteiger partial charge is 0.372 e. The summed E-state index contributed by atoms with van der Waals surface area (Å²) in [7, 11) is 0. The van der Waals surface area contributed by atoms with Crippen LogP contribution in [0.5, 0.6) is 0 Å². The predicted octanol–water partition coefficient (Wildman–Crippen LogP) is 1.87. The van der Waals surface area contributed by atoms with E-state index >= 15 is 0 Å². The molecule has 1 atom stereocenters. The third-order valence-electron chi connectivity index (χ3n) is 3.15. The Labute approximate surface area is 102 Å². The molecular formula is C13H19N3O. The molecule has 4 heteroatoms. The number of benzene rings is 1. The van der Waals surface area contributed by atoms with E-state index in [1.807, 2.05) is 18.2 Å². The Morgan fingerprint density at radius 2 is 2.18 bits per heavy atom. The average molecular weight is 233 g/mol. The maximum atomic E-state index is 11.5. The standard InChI is InChI=1S/C13H19N3O/c1-3-7-16(4-2)9-5-6-10-11(8-9)15-13(17)12(10)14/h5-6,8,12H,3-4,7,14H2,1-2H3,(H,15,17). The van der Waals surface area contributed by atoms with Crippen molar-refractivity contribution in [3.63, 3.8) is 0 Å². The van der Waals surface area contributed by atoms with Crippen molar-refractivity contribution in [2.24, 2.45) is 5.73 Å². The summed E-state index contributed by atoms with van der Waals surface area (Å²) in [5.41, 5.74) is 8.67. The van der Waals surface area contributed by atoms with E-state index in [9.17, 15) is 4.79 Å². The van der Waals surface area contributed by atoms with Crippen molar-refractivity contribution in [2.75, 3.05) is 23.3 Å². The summed E-state index contributed by atoms with van der Waals surface area (Å²) >= 11 is 0. The first-order chi connectivity index (χ1) is 8.17. The van der Waals surface area contributed by atoms with Gasteiger partial charge in [0.2, 0.25) is 5.91 Å². The third kappa shape index (κ3) is 2.13. The molecule has 1 heterocycles. The highest BCUT2D eigenvalue weighted by Gasteiger charge is 2.27. The second-order valence-corrected chi connectivity index (χ2v) is 4.32. The van der Waals surface area contributed by atoms with Crippen LogP contribution in [0.1, 0.15) is 31.9 Å². The molecule has 0 spiro atoms. The fraction of sp³-hybridized carbons (Fsp3) is 0.462. The average Bonchev–Trinajstić information content (AvgIpc) is 2.61. The van der Waals surface area contributed by atoms with Gasteiger partial charge in [-0.15, -0.1) is 0 Å². The molecule has 1 aliphatic heterocycles. The minimum atomic E-state index is -0.514. The second-order valence-electron chi connectivity index (χ2n) is 4.32. The third-order valence-corrected chi connectivity index (χ3v) is 3.15. The first-order valence-corrected chi connectivity index (χ1v) is 6.12. The van der Waals surface area contributed by atoms with Gasteiger partial charge in [-0.25, -0.2) is 0 Å². The number of carbonyl (C=O) groups is 1. The predicted molar refractivity (Wildman–Crippen MR) is 70.2 cm³/mol. The van der Waals surface area contributed by atoms with Gasteiger partial charge in [0.25, 0.3) is 0 Å². The molecule has 0 saturated heterocycles. The zero-order valence-electron chi connectivity index (χ0n) is 10.4. The van der Waals surface area contributed by atoms with Gasteiger partial charge < -0.3 is 16.0 Å². The van der Waals surface area contributed by atoms with Crippen LogP contribution in [0, 0.1) is 0 Å². The molecule has 4 nitrogen and oxygen atoms in total. The number of carbonyl (C=O) groups excluding carboxylic acids is 1. The molecule has 1 amide bonds. The lowest BCUT2D eigenvalue weighted by molar-refractivity contribution is -0.116. The van der Waals surface area contributed by atoms with E-state index in [-0.39, 0.29) is 5.91 Å². The van der Waals surface area contributed by atoms with Crippen LogP contribution in [0.3, 0.4) is 0 Å². The molecule has 3 N–H and O–H groups in total. The van der Waals surface area contributed by atoms with Crippen LogP contribution in [0.25, 0.3) is 0 Å². The molecule has 1 aromatic carbocycles. The van der Waals surface area contributed by atoms with Crippen LogP contribution in [0.4, 0.5) is 11.4 Å². The van der Waals surface area contributed by atoms with Crippen LogP contribution < -0.4 is 16.0 Å². The lowest BCUT2D eigenvalue weighted by Gasteiger charge is -2.23. The Bertz CT molecular complexity index is 431. The number of fused-ring (bicyclic) bond motifs is 1. The second kappa shape index (κ2) is 4.75. The summed E-state index contributed by atoms with van der Waals surface area (Å²) in [5, 5.41) is 2.82. The van der Waals surface area contributed by atoms with E-state index in [1.54, 1.807) is 0 Å². The van der Waals surface area contributed by atoms with Crippen molar-refractivity contribution < 1.29 is 4.79 Å². The van der Waals surface area contributed by atoms with E-state index in [4.69, 9.17) is 5.73 Å². The van der Waals surface area contributed by atoms with Gasteiger partial charge in [0, 0.05) is 30.0 Å². The van der Waals surface area contributed by atoms with Gasteiger partial charge in [0.15, 0.2) is 0 Å². The zero-order chi connectivity index (χ0) is 12.4. The molecule has 0 aromatic heterocycles. The number of amides is 1. The molecule has 1 aromatic rings. The van der Waals surface area contributed by atoms with E-state index in [0.29, 0.717) is 0 Å². The van der Waals surface area contributed by atoms with Gasteiger partial charge in [-0.3, -0.25) is 4.79 Å². The monoisotopic (exact) mass is 233 g/mol. The molecule has 0 aliphatic carbocycles. The fourth-order valence-corrected chi connectivity index (χ4v) is 2.21. The van der Waals surface area contributed by atoms with E-state index in [0.717, 1.165) is 36.4 Å². The van der Waals surface area contributed by atoms with Crippen molar-refractivity contribution in [3.05, 3.63) is 23.8 Å². The van der Waals surface area contributed by atoms with E-state index in [1.165, 1.54) is 0 Å². The maximum absolute atomic E-state index is 11.5. The van der Waals surface area contributed by atoms with Crippen molar-refractivity contribution in [3.8, 4) is 0 Å². The molecule has 17 heavy (non-hydrogen) atoms. The summed E-state index contributed by atoms with van der Waals surface area (Å²) in [6.07, 6.45) is 1.11. The molecule has 0 fully saturated rings. The van der Waals surface area contributed by atoms with Crippen LogP contribution >= 0.6 is 0 Å². The SMILES string of the molecule is CCCN(CC)c1ccc2c(c1)NC(=O)C2N. The normalized spacial score (nSPS) is 17.8. The van der Waals surface area contributed by atoms with Gasteiger partial charge in [0.05, 0.1) is 0 Å². The minimum absolute atomic E-state index is 0.115. The molecule has 1 aliphatic rings. The first-order valence-electron chi connectivity index (χ1n) is 6.12. The Morgan fingerprint density at radius 3 is 2.82 bits per heavy atom. The summed E-state index contributed by atoms with van der Waals surface area (Å²) in [5.74, 6) is -0.115. The highest BCUT2D eigenvalue weighted by Crippen LogP contribution is 2.32. The number of anilines is 2. The molecule has 0 bridgehead atoms. The zero-order valence-corrected chi connectivity index (χ0v) is 10.4. The van der Waals surface area contributed by atoms with Gasteiger partial charge in [-0.2, -0.15) is 0 Å². The number of nitrogens with two attached hydrogens (primary N) is 1. The van der Waals surface area contributed by atoms with Crippen LogP contribution in [-0.4, -0.2) is 19.0 Å². The number of nitrogens with one attached hydrogen (secondary N) is 1. The Kier molecular flexibility index (Phi) is 3.33. The van der Waals surface area contributed by atoms with E-state index < -0.39 is 6.04 Å². The number of hydrogen-bond acceptors (Lipinski definition) is 3. The van der Waals surface area contributed by atoms with Crippen LogP contribution in [0.2, 0.25) is 0 Å². The smallest absolute Gasteiger partial charge is 0.245 e. The number of rotatable bonds is 4. The molecule has 2 rings (SSSR count). The topological polar surface area (TPSA) is 58.4 Å². The number of hydrogen-bond donors (Lipinski definition) is 2. The number of nitrogens with zero attached hydrogens (tertiary/aromatic N) is 1. The van der Waals surface area contributed by atoms with Crippen molar-refractivity contribution in [2.45, 2.75) is 26.3 Å². The van der Waals surface area contributed by atoms with Crippen LogP contribution in [0.15, 0.2) is 18.2 Å². The summed E-state index contributed by atoms with van der Waals surface area (Å²) in [6.45, 7) is 6.28. The summed E-state index contributed by atoms with van der Waals surface area (Å²) in [4.78, 5) is 13.7. The van der Waals surface area contributed by atoms with Gasteiger partial charge in [-0.1, -0.05) is 13.0 Å². The molecule has 0 saturated carbocycles. The molecule has 92 valence electrons. The fourth-order valence-electron chi connectivity index (χ4n) is 2.21. The lowest BCUT2D eigenvalue weighted by Crippen LogP contribution is -2.23. The molecule has 0 radical (unpaired) electrons. The van der Waals surface area contributed by atoms with Gasteiger partial charge in [0.1, 0.15) is 6.04 Å². The van der Waals surface area contributed by atoms with Crippen LogP contribution in [-0.2, 0) is 4.79 Å². The van der Waals surface area contributed by atoms with Crippen molar-refractivity contribution in [1.29, 1.82) is 0 Å². The van der Waals surface area contributed by atoms with Gasteiger partial charge in [-0.05, 0) is 25.5 Å². The highest BCUT2D eigenvalue weighted by molar-refractivity contribution is 6.02. The lowest BCUT2D eigenvalue weighted by atomic mass is 10.1. The minimum Gasteiger partial charge on any atom is -0.372 e. The summed E-state index contributed by atoms with van der Waals surface area (Å²) in [6, 6.07) is 5.49. The van der Waals surface area contributed by atoms with Crippen molar-refractivity contribution >= 4 is 17.3 Å². The highest BCUT2D eigenvalue weighted by atomic mass is 16.2. The Morgan fingerprint density at radius 1 is 1.41 bits per heavy atom. The van der Waals surface area contributed by atoms with Gasteiger partial charge >= 0.3 is 0 Å². The maximum Gasteiger partial charge on any atom is 0.245 e.